The van der Waals surface area contributed by atoms with Crippen LogP contribution in [0.25, 0.3) is 11.3 Å². The van der Waals surface area contributed by atoms with Crippen molar-refractivity contribution in [1.82, 2.24) is 4.98 Å². The van der Waals surface area contributed by atoms with E-state index in [1.807, 2.05) is 6.20 Å². The molecule has 0 radical (unpaired) electrons. The SMILES string of the molecule is CCCCCCCC1CCCCC1CCCOc1ccc(-c2ccc(CCCC)cn2)cc1. The molecule has 33 heavy (non-hydrogen) atoms. The minimum absolute atomic E-state index is 0.837. The number of benzene rings is 1. The highest BCUT2D eigenvalue weighted by atomic mass is 16.5. The van der Waals surface area contributed by atoms with Crippen molar-refractivity contribution in [2.45, 2.75) is 110 Å². The van der Waals surface area contributed by atoms with E-state index < -0.39 is 0 Å². The maximum atomic E-state index is 6.09. The lowest BCUT2D eigenvalue weighted by molar-refractivity contribution is 0.190. The first-order chi connectivity index (χ1) is 16.3. The number of nitrogens with zero attached hydrogens (tertiary/aromatic N) is 1. The summed E-state index contributed by atoms with van der Waals surface area (Å²) in [4.78, 5) is 4.66. The molecule has 1 aromatic heterocycles. The Bertz CT molecular complexity index is 751. The van der Waals surface area contributed by atoms with Gasteiger partial charge < -0.3 is 4.74 Å². The summed E-state index contributed by atoms with van der Waals surface area (Å²) in [5.41, 5.74) is 3.53. The summed E-state index contributed by atoms with van der Waals surface area (Å²) in [5.74, 6) is 2.89. The molecule has 1 aromatic carbocycles. The Morgan fingerprint density at radius 1 is 0.758 bits per heavy atom. The van der Waals surface area contributed by atoms with Crippen molar-refractivity contribution in [3.63, 3.8) is 0 Å². The fraction of sp³-hybridized carbons (Fsp3) is 0.645. The molecule has 1 heterocycles. The van der Waals surface area contributed by atoms with Crippen LogP contribution in [0.2, 0.25) is 0 Å². The summed E-state index contributed by atoms with van der Waals surface area (Å²) in [6.45, 7) is 5.37. The van der Waals surface area contributed by atoms with Gasteiger partial charge in [-0.3, -0.25) is 4.98 Å². The van der Waals surface area contributed by atoms with Crippen molar-refractivity contribution in [3.05, 3.63) is 48.2 Å². The van der Waals surface area contributed by atoms with Gasteiger partial charge in [0.1, 0.15) is 5.75 Å². The Hall–Kier alpha value is -1.83. The zero-order chi connectivity index (χ0) is 23.1. The molecule has 0 aliphatic heterocycles. The van der Waals surface area contributed by atoms with E-state index in [1.54, 1.807) is 0 Å². The highest BCUT2D eigenvalue weighted by Gasteiger charge is 2.24. The number of rotatable bonds is 15. The first-order valence-electron chi connectivity index (χ1n) is 14.0. The lowest BCUT2D eigenvalue weighted by Gasteiger charge is -2.31. The molecular formula is C31H47NO. The van der Waals surface area contributed by atoms with Crippen LogP contribution in [0.3, 0.4) is 0 Å². The van der Waals surface area contributed by atoms with Gasteiger partial charge in [0.15, 0.2) is 0 Å². The molecule has 3 rings (SSSR count). The number of aromatic nitrogens is 1. The summed E-state index contributed by atoms with van der Waals surface area (Å²) < 4.78 is 6.09. The van der Waals surface area contributed by atoms with Crippen LogP contribution in [0.1, 0.15) is 109 Å². The van der Waals surface area contributed by atoms with Crippen LogP contribution in [-0.4, -0.2) is 11.6 Å². The van der Waals surface area contributed by atoms with Gasteiger partial charge in [0, 0.05) is 11.8 Å². The summed E-state index contributed by atoms with van der Waals surface area (Å²) in [6, 6.07) is 12.8. The van der Waals surface area contributed by atoms with Gasteiger partial charge in [0.25, 0.3) is 0 Å². The smallest absolute Gasteiger partial charge is 0.119 e. The van der Waals surface area contributed by atoms with Crippen molar-refractivity contribution >= 4 is 0 Å². The summed E-state index contributed by atoms with van der Waals surface area (Å²) in [6.07, 6.45) is 22.5. The Labute approximate surface area is 203 Å². The van der Waals surface area contributed by atoms with Crippen molar-refractivity contribution in [2.24, 2.45) is 11.8 Å². The van der Waals surface area contributed by atoms with E-state index in [4.69, 9.17) is 4.74 Å². The molecule has 0 N–H and O–H groups in total. The van der Waals surface area contributed by atoms with Crippen molar-refractivity contribution in [3.8, 4) is 17.0 Å². The van der Waals surface area contributed by atoms with E-state index in [9.17, 15) is 0 Å². The molecule has 1 saturated carbocycles. The van der Waals surface area contributed by atoms with Gasteiger partial charge in [-0.05, 0) is 73.4 Å². The minimum atomic E-state index is 0.837. The monoisotopic (exact) mass is 449 g/mol. The molecule has 2 atom stereocenters. The van der Waals surface area contributed by atoms with Crippen LogP contribution < -0.4 is 4.74 Å². The van der Waals surface area contributed by atoms with E-state index in [0.717, 1.165) is 41.9 Å². The highest BCUT2D eigenvalue weighted by molar-refractivity contribution is 5.60. The molecule has 0 saturated heterocycles. The molecule has 0 bridgehead atoms. The van der Waals surface area contributed by atoms with E-state index in [1.165, 1.54) is 95.5 Å². The molecule has 0 spiro atoms. The van der Waals surface area contributed by atoms with Gasteiger partial charge in [-0.25, -0.2) is 0 Å². The Kier molecular flexibility index (Phi) is 11.8. The summed E-state index contributed by atoms with van der Waals surface area (Å²) in [7, 11) is 0. The Balaban J connectivity index is 1.37. The second kappa shape index (κ2) is 15.1. The van der Waals surface area contributed by atoms with Crippen molar-refractivity contribution in [2.75, 3.05) is 6.61 Å². The normalized spacial score (nSPS) is 18.4. The maximum absolute atomic E-state index is 6.09. The van der Waals surface area contributed by atoms with Crippen LogP contribution in [0.5, 0.6) is 5.75 Å². The maximum Gasteiger partial charge on any atom is 0.119 e. The number of pyridine rings is 1. The van der Waals surface area contributed by atoms with Crippen molar-refractivity contribution < 1.29 is 4.74 Å². The van der Waals surface area contributed by atoms with Gasteiger partial charge in [-0.2, -0.15) is 0 Å². The second-order valence-electron chi connectivity index (χ2n) is 10.2. The molecular weight excluding hydrogens is 402 g/mol. The third kappa shape index (κ3) is 9.14. The molecule has 2 aromatic rings. The van der Waals surface area contributed by atoms with Crippen LogP contribution in [0, 0.1) is 11.8 Å². The molecule has 0 amide bonds. The Morgan fingerprint density at radius 2 is 1.45 bits per heavy atom. The topological polar surface area (TPSA) is 22.1 Å². The zero-order valence-corrected chi connectivity index (χ0v) is 21.4. The Morgan fingerprint density at radius 3 is 2.12 bits per heavy atom. The molecule has 1 fully saturated rings. The van der Waals surface area contributed by atoms with E-state index in [-0.39, 0.29) is 0 Å². The quantitative estimate of drug-likeness (QED) is 0.253. The fourth-order valence-corrected chi connectivity index (χ4v) is 5.44. The lowest BCUT2D eigenvalue weighted by atomic mass is 9.74. The third-order valence-electron chi connectivity index (χ3n) is 7.53. The summed E-state index contributed by atoms with van der Waals surface area (Å²) >= 11 is 0. The second-order valence-corrected chi connectivity index (χ2v) is 10.2. The number of ether oxygens (including phenoxy) is 1. The highest BCUT2D eigenvalue weighted by Crippen LogP contribution is 2.36. The van der Waals surface area contributed by atoms with Gasteiger partial charge in [0.2, 0.25) is 0 Å². The van der Waals surface area contributed by atoms with Crippen molar-refractivity contribution in [1.29, 1.82) is 0 Å². The lowest BCUT2D eigenvalue weighted by Crippen LogP contribution is -2.20. The molecule has 2 nitrogen and oxygen atoms in total. The first-order valence-corrected chi connectivity index (χ1v) is 14.0. The van der Waals surface area contributed by atoms with Crippen LogP contribution in [-0.2, 0) is 6.42 Å². The molecule has 2 heteroatoms. The number of unbranched alkanes of at least 4 members (excludes halogenated alkanes) is 5. The molecule has 2 unspecified atom stereocenters. The summed E-state index contributed by atoms with van der Waals surface area (Å²) in [5, 5.41) is 0. The standard InChI is InChI=1S/C31H47NO/c1-3-5-7-8-9-14-27-15-10-11-16-28(27)17-12-24-33-30-21-19-29(20-22-30)31-23-18-26(25-32-31)13-6-4-2/h18-23,25,27-28H,3-17,24H2,1-2H3. The van der Waals surface area contributed by atoms with E-state index >= 15 is 0 Å². The van der Waals surface area contributed by atoms with Gasteiger partial charge >= 0.3 is 0 Å². The van der Waals surface area contributed by atoms with E-state index in [0.29, 0.717) is 0 Å². The zero-order valence-electron chi connectivity index (χ0n) is 21.4. The average molecular weight is 450 g/mol. The van der Waals surface area contributed by atoms with E-state index in [2.05, 4.69) is 55.2 Å². The number of aryl methyl sites for hydroxylation is 1. The number of hydrogen-bond donors (Lipinski definition) is 0. The van der Waals surface area contributed by atoms with Crippen LogP contribution >= 0.6 is 0 Å². The van der Waals surface area contributed by atoms with Gasteiger partial charge in [0.05, 0.1) is 12.3 Å². The minimum Gasteiger partial charge on any atom is -0.494 e. The van der Waals surface area contributed by atoms with Crippen LogP contribution in [0.4, 0.5) is 0 Å². The predicted molar refractivity (Wildman–Crippen MR) is 142 cm³/mol. The molecule has 1 aliphatic carbocycles. The average Bonchev–Trinajstić information content (AvgIpc) is 2.87. The third-order valence-corrected chi connectivity index (χ3v) is 7.53. The largest absolute Gasteiger partial charge is 0.494 e. The molecule has 182 valence electrons. The number of hydrogen-bond acceptors (Lipinski definition) is 2. The predicted octanol–water partition coefficient (Wildman–Crippen LogP) is 9.42. The van der Waals surface area contributed by atoms with Crippen LogP contribution in [0.15, 0.2) is 42.6 Å². The molecule has 1 aliphatic rings. The van der Waals surface area contributed by atoms with Gasteiger partial charge in [-0.15, -0.1) is 0 Å². The fourth-order valence-electron chi connectivity index (χ4n) is 5.44. The first kappa shape index (κ1) is 25.8. The van der Waals surface area contributed by atoms with Gasteiger partial charge in [-0.1, -0.05) is 90.5 Å².